The molecule has 202 valence electrons. The number of amides is 3. The van der Waals surface area contributed by atoms with E-state index >= 15 is 0 Å². The molecule has 2 aliphatic heterocycles. The van der Waals surface area contributed by atoms with Gasteiger partial charge in [0.2, 0.25) is 0 Å². The number of rotatable bonds is 9. The molecule has 5 rings (SSSR count). The topological polar surface area (TPSA) is 170 Å². The Morgan fingerprint density at radius 1 is 1.37 bits per heavy atom. The van der Waals surface area contributed by atoms with Gasteiger partial charge in [0.15, 0.2) is 24.8 Å². The van der Waals surface area contributed by atoms with Crippen LogP contribution in [0.2, 0.25) is 5.02 Å². The first-order chi connectivity index (χ1) is 18.3. The number of nitrogens with two attached hydrogens (primary N) is 1. The Balaban J connectivity index is 1.10. The van der Waals surface area contributed by atoms with E-state index in [0.717, 1.165) is 17.5 Å². The van der Waals surface area contributed by atoms with Crippen LogP contribution < -0.4 is 36.1 Å². The summed E-state index contributed by atoms with van der Waals surface area (Å²) in [6.07, 6.45) is 1.87. The molecule has 3 atom stereocenters. The number of cyclic esters (lactones) is 1. The fourth-order valence-corrected chi connectivity index (χ4v) is 4.98. The van der Waals surface area contributed by atoms with Gasteiger partial charge in [-0.2, -0.15) is 0 Å². The van der Waals surface area contributed by atoms with Crippen molar-refractivity contribution in [3.8, 4) is 11.6 Å². The first kappa shape index (κ1) is 25.9. The molecule has 0 bridgehead atoms. The minimum absolute atomic E-state index is 0.0982. The Kier molecular flexibility index (Phi) is 7.49. The number of halogens is 1. The molecule has 38 heavy (non-hydrogen) atoms. The van der Waals surface area contributed by atoms with Crippen LogP contribution in [-0.2, 0) is 20.7 Å². The molecule has 14 heteroatoms. The number of benzene rings is 1. The fraction of sp³-hybridized carbons (Fsp3) is 0.458. The lowest BCUT2D eigenvalue weighted by Crippen LogP contribution is -2.32. The van der Waals surface area contributed by atoms with Crippen molar-refractivity contribution in [1.82, 2.24) is 20.6 Å². The van der Waals surface area contributed by atoms with Gasteiger partial charge < -0.3 is 35.9 Å². The Morgan fingerprint density at radius 2 is 2.21 bits per heavy atom. The van der Waals surface area contributed by atoms with Gasteiger partial charge in [-0.15, -0.1) is 0 Å². The number of carbonyl (C=O) groups is 3. The molecular formula is C24H28ClN7O6. The van der Waals surface area contributed by atoms with Crippen molar-refractivity contribution in [3.05, 3.63) is 34.5 Å². The van der Waals surface area contributed by atoms with Gasteiger partial charge in [0.25, 0.3) is 17.7 Å². The predicted octanol–water partition coefficient (Wildman–Crippen LogP) is 0.763. The maximum absolute atomic E-state index is 12.4. The first-order valence-electron chi connectivity index (χ1n) is 12.2. The first-order valence-corrected chi connectivity index (χ1v) is 12.6. The Labute approximate surface area is 223 Å². The summed E-state index contributed by atoms with van der Waals surface area (Å²) < 4.78 is 16.2. The molecule has 2 aromatic rings. The summed E-state index contributed by atoms with van der Waals surface area (Å²) in [5.41, 5.74) is 8.43. The third-order valence-corrected chi connectivity index (χ3v) is 7.05. The van der Waals surface area contributed by atoms with Crippen molar-refractivity contribution < 1.29 is 28.6 Å². The van der Waals surface area contributed by atoms with Crippen LogP contribution in [0.15, 0.2) is 18.3 Å². The van der Waals surface area contributed by atoms with E-state index in [1.165, 1.54) is 11.1 Å². The van der Waals surface area contributed by atoms with Crippen LogP contribution in [0.4, 0.5) is 16.4 Å². The van der Waals surface area contributed by atoms with E-state index in [1.54, 1.807) is 13.1 Å². The number of aromatic nitrogens is 2. The molecular weight excluding hydrogens is 518 g/mol. The van der Waals surface area contributed by atoms with Gasteiger partial charge in [0, 0.05) is 24.7 Å². The second-order valence-corrected chi connectivity index (χ2v) is 9.66. The third-order valence-electron chi connectivity index (χ3n) is 6.71. The zero-order valence-corrected chi connectivity index (χ0v) is 21.4. The highest BCUT2D eigenvalue weighted by molar-refractivity contribution is 6.31. The summed E-state index contributed by atoms with van der Waals surface area (Å²) in [5, 5.41) is 9.07. The van der Waals surface area contributed by atoms with Crippen molar-refractivity contribution in [1.29, 1.82) is 0 Å². The van der Waals surface area contributed by atoms with Crippen molar-refractivity contribution in [2.75, 3.05) is 50.1 Å². The lowest BCUT2D eigenvalue weighted by molar-refractivity contribution is -0.122. The molecule has 5 N–H and O–H groups in total. The summed E-state index contributed by atoms with van der Waals surface area (Å²) in [6.45, 7) is 1.35. The Bertz CT molecular complexity index is 1260. The molecule has 3 heterocycles. The summed E-state index contributed by atoms with van der Waals surface area (Å²) in [6, 6.07) is 3.33. The molecule has 0 spiro atoms. The highest BCUT2D eigenvalue weighted by Crippen LogP contribution is 2.40. The summed E-state index contributed by atoms with van der Waals surface area (Å²) in [5.74, 6) is 0.732. The monoisotopic (exact) mass is 545 g/mol. The molecule has 1 aromatic carbocycles. The molecule has 0 saturated carbocycles. The van der Waals surface area contributed by atoms with Gasteiger partial charge in [-0.3, -0.25) is 14.5 Å². The number of fused-ring (bicyclic) bond motifs is 2. The highest BCUT2D eigenvalue weighted by atomic mass is 35.5. The van der Waals surface area contributed by atoms with Gasteiger partial charge in [-0.05, 0) is 48.6 Å². The zero-order valence-electron chi connectivity index (χ0n) is 20.7. The average Bonchev–Trinajstić information content (AvgIpc) is 3.44. The van der Waals surface area contributed by atoms with Gasteiger partial charge in [0.1, 0.15) is 11.9 Å². The molecule has 1 fully saturated rings. The fourth-order valence-electron chi connectivity index (χ4n) is 4.69. The molecule has 1 aliphatic carbocycles. The largest absolute Gasteiger partial charge is 0.484 e. The summed E-state index contributed by atoms with van der Waals surface area (Å²) >= 11 is 6.48. The van der Waals surface area contributed by atoms with Gasteiger partial charge in [0.05, 0.1) is 12.7 Å². The average molecular weight is 546 g/mol. The van der Waals surface area contributed by atoms with E-state index < -0.39 is 6.09 Å². The zero-order chi connectivity index (χ0) is 26.8. The summed E-state index contributed by atoms with van der Waals surface area (Å²) in [4.78, 5) is 45.2. The van der Waals surface area contributed by atoms with E-state index in [0.29, 0.717) is 36.8 Å². The molecule has 13 nitrogen and oxygen atoms in total. The number of nitrogens with zero attached hydrogens (tertiary/aromatic N) is 3. The van der Waals surface area contributed by atoms with Crippen LogP contribution in [0.5, 0.6) is 11.6 Å². The third kappa shape index (κ3) is 5.44. The molecule has 3 aliphatic rings. The number of hydrogen-bond donors (Lipinski definition) is 4. The normalized spacial score (nSPS) is 21.8. The maximum atomic E-state index is 12.4. The van der Waals surface area contributed by atoms with Crippen LogP contribution in [0.3, 0.4) is 0 Å². The van der Waals surface area contributed by atoms with E-state index in [4.69, 9.17) is 31.5 Å². The number of carbonyl (C=O) groups excluding carboxylic acids is 3. The van der Waals surface area contributed by atoms with E-state index in [9.17, 15) is 14.4 Å². The SMILES string of the molecule is CNC(=O)COc1cc(Cl)c2c(c1)C(N)C(CNCCC1CN(c3cnc4c(n3)NC(=O)CO4)C(=O)O1)C2. The number of likely N-dealkylation sites (N-methyl/N-ethyl adjacent to an activating group) is 1. The number of hydrogen-bond acceptors (Lipinski definition) is 10. The van der Waals surface area contributed by atoms with Crippen LogP contribution in [0, 0.1) is 5.92 Å². The van der Waals surface area contributed by atoms with E-state index in [-0.39, 0.29) is 60.6 Å². The van der Waals surface area contributed by atoms with Crippen molar-refractivity contribution in [3.63, 3.8) is 0 Å². The molecule has 3 amide bonds. The van der Waals surface area contributed by atoms with Crippen LogP contribution >= 0.6 is 11.6 Å². The van der Waals surface area contributed by atoms with E-state index in [2.05, 4.69) is 25.9 Å². The molecule has 1 aromatic heterocycles. The van der Waals surface area contributed by atoms with Crippen molar-refractivity contribution >= 4 is 41.1 Å². The molecule has 1 saturated heterocycles. The number of ether oxygens (including phenoxy) is 3. The lowest BCUT2D eigenvalue weighted by atomic mass is 10.0. The minimum atomic E-state index is -0.523. The molecule has 0 radical (unpaired) electrons. The van der Waals surface area contributed by atoms with Gasteiger partial charge >= 0.3 is 6.09 Å². The minimum Gasteiger partial charge on any atom is -0.484 e. The van der Waals surface area contributed by atoms with Crippen molar-refractivity contribution in [2.24, 2.45) is 11.7 Å². The van der Waals surface area contributed by atoms with Gasteiger partial charge in [-0.1, -0.05) is 11.6 Å². The smallest absolute Gasteiger partial charge is 0.415 e. The van der Waals surface area contributed by atoms with Crippen LogP contribution in [0.1, 0.15) is 23.6 Å². The highest BCUT2D eigenvalue weighted by Gasteiger charge is 2.35. The Morgan fingerprint density at radius 3 is 3.03 bits per heavy atom. The van der Waals surface area contributed by atoms with Crippen molar-refractivity contribution in [2.45, 2.75) is 25.0 Å². The second kappa shape index (κ2) is 11.0. The van der Waals surface area contributed by atoms with Gasteiger partial charge in [-0.25, -0.2) is 14.8 Å². The Hall–Kier alpha value is -3.68. The number of nitrogens with one attached hydrogen (secondary N) is 3. The molecule has 3 unspecified atom stereocenters. The predicted molar refractivity (Wildman–Crippen MR) is 136 cm³/mol. The van der Waals surface area contributed by atoms with E-state index in [1.807, 2.05) is 6.07 Å². The number of anilines is 2. The summed E-state index contributed by atoms with van der Waals surface area (Å²) in [7, 11) is 1.54. The maximum Gasteiger partial charge on any atom is 0.415 e. The van der Waals surface area contributed by atoms with Crippen LogP contribution in [0.25, 0.3) is 0 Å². The second-order valence-electron chi connectivity index (χ2n) is 9.25. The standard InChI is InChI=1S/C24H28ClN7O6/c1-27-19(33)10-36-14-5-16-15(17(25)6-14)4-12(21(16)26)7-28-3-2-13-9-32(24(35)38-13)18-8-29-23-22(30-18)31-20(34)11-37-23/h5-6,8,12-13,21,28H,2-4,7,9-11,26H2,1H3,(H,27,33)(H,30,31,34). The lowest BCUT2D eigenvalue weighted by Gasteiger charge is -2.18. The quantitative estimate of drug-likeness (QED) is 0.330. The van der Waals surface area contributed by atoms with Crippen LogP contribution in [-0.4, -0.2) is 73.9 Å².